The third kappa shape index (κ3) is 6.77. The van der Waals surface area contributed by atoms with E-state index in [-0.39, 0.29) is 10.8 Å². The van der Waals surface area contributed by atoms with Crippen molar-refractivity contribution in [1.82, 2.24) is 0 Å². The fourth-order valence-electron chi connectivity index (χ4n) is 6.66. The van der Waals surface area contributed by atoms with Crippen LogP contribution in [0.25, 0.3) is 11.1 Å². The van der Waals surface area contributed by atoms with Crippen molar-refractivity contribution in [3.63, 3.8) is 0 Å². The van der Waals surface area contributed by atoms with Crippen LogP contribution < -0.4 is 3.27 Å². The predicted molar refractivity (Wildman–Crippen MR) is 180 cm³/mol. The number of hydrogen-bond donors (Lipinski definition) is 0. The van der Waals surface area contributed by atoms with E-state index in [4.69, 9.17) is 0 Å². The summed E-state index contributed by atoms with van der Waals surface area (Å²) >= 11 is -3.57. The van der Waals surface area contributed by atoms with Crippen LogP contribution in [0.15, 0.2) is 100 Å². The molecule has 2 aliphatic rings. The van der Waals surface area contributed by atoms with Gasteiger partial charge in [0.2, 0.25) is 0 Å². The zero-order valence-corrected chi connectivity index (χ0v) is 30.4. The van der Waals surface area contributed by atoms with E-state index in [0.717, 1.165) is 53.1 Å². The molecule has 0 aliphatic heterocycles. The van der Waals surface area contributed by atoms with Crippen LogP contribution in [0.2, 0.25) is 0 Å². The normalized spacial score (nSPS) is 14.5. The molecule has 0 N–H and O–H groups in total. The van der Waals surface area contributed by atoms with Gasteiger partial charge in [0.15, 0.2) is 0 Å². The maximum absolute atomic E-state index is 14.1. The Morgan fingerprint density at radius 3 is 1.67 bits per heavy atom. The van der Waals surface area contributed by atoms with Gasteiger partial charge < -0.3 is 0 Å². The fourth-order valence-corrected chi connectivity index (χ4v) is 14.6. The van der Waals surface area contributed by atoms with Crippen molar-refractivity contribution in [2.24, 2.45) is 0 Å². The average molecular weight is 736 g/mol. The van der Waals surface area contributed by atoms with Gasteiger partial charge in [0.1, 0.15) is 0 Å². The molecule has 0 unspecified atom stereocenters. The van der Waals surface area contributed by atoms with E-state index < -0.39 is 44.7 Å². The molecule has 6 rings (SSSR count). The zero-order chi connectivity index (χ0) is 34.8. The quantitative estimate of drug-likeness (QED) is 0.161. The van der Waals surface area contributed by atoms with Crippen molar-refractivity contribution < 1.29 is 47.6 Å². The number of halogens is 6. The molecule has 2 aliphatic carbocycles. The number of benzene rings is 4. The van der Waals surface area contributed by atoms with E-state index in [9.17, 15) is 26.3 Å². The van der Waals surface area contributed by atoms with Gasteiger partial charge in [-0.2, -0.15) is 0 Å². The standard InChI is InChI=1S/C21H25.C15H8F6.C5H5.Zr/c1-20(2,3)16-9-7-14-11-15-8-10-17(21(4,5)6)13-19(15)18(14)12-16;16-14(17,18)12-5-1-3-10(8-12)7-11-4-2-6-13(9-11)15(19,20)21;1-2-4-5-3-1;/h7,9-10,12-13H,11H2,1-6H3;1-6,8-9H;1-3H,4H2;. The van der Waals surface area contributed by atoms with E-state index in [1.165, 1.54) is 23.3 Å². The average Bonchev–Trinajstić information content (AvgIpc) is 3.66. The monoisotopic (exact) mass is 734 g/mol. The number of allylic oxidation sites excluding steroid dienone is 4. The predicted octanol–water partition coefficient (Wildman–Crippen LogP) is 11.2. The minimum atomic E-state index is -4.60. The second kappa shape index (κ2) is 12.2. The SMILES string of the molecule is CC(C)(C)c1ccc2c(c1)-c1cc(C(C)(C)C)c[c]([Zr]([C]3=CC=CC3)=[C](c3cccc(C(F)(F)F)c3)c3cccc(C(F)(F)F)c3)c1C2. The van der Waals surface area contributed by atoms with Crippen molar-refractivity contribution in [2.75, 3.05) is 0 Å². The van der Waals surface area contributed by atoms with E-state index in [1.54, 1.807) is 12.1 Å². The summed E-state index contributed by atoms with van der Waals surface area (Å²) in [6.45, 7) is 13.0. The van der Waals surface area contributed by atoms with Crippen LogP contribution in [-0.2, 0) is 50.9 Å². The molecule has 48 heavy (non-hydrogen) atoms. The molecule has 0 aromatic heterocycles. The Kier molecular flexibility index (Phi) is 8.80. The van der Waals surface area contributed by atoms with E-state index in [2.05, 4.69) is 71.9 Å². The summed E-state index contributed by atoms with van der Waals surface area (Å²) in [7, 11) is 0. The first kappa shape index (κ1) is 34.6. The third-order valence-corrected chi connectivity index (χ3v) is 16.9. The van der Waals surface area contributed by atoms with Crippen molar-refractivity contribution >= 4 is 6.48 Å². The van der Waals surface area contributed by atoms with Crippen molar-refractivity contribution in [1.29, 1.82) is 0 Å². The number of alkyl halides is 6. The summed E-state index contributed by atoms with van der Waals surface area (Å²) in [5.74, 6) is 0. The molecule has 0 atom stereocenters. The van der Waals surface area contributed by atoms with Gasteiger partial charge >= 0.3 is 288 Å². The van der Waals surface area contributed by atoms with E-state index in [1.807, 2.05) is 18.2 Å². The van der Waals surface area contributed by atoms with Gasteiger partial charge in [-0.05, 0) is 0 Å². The molecule has 248 valence electrons. The molecule has 0 fully saturated rings. The van der Waals surface area contributed by atoms with Crippen LogP contribution in [0.4, 0.5) is 26.3 Å². The minimum absolute atomic E-state index is 0.0720. The summed E-state index contributed by atoms with van der Waals surface area (Å²) in [6.07, 6.45) is -1.89. The molecular formula is C41H38F6Zr. The van der Waals surface area contributed by atoms with Gasteiger partial charge in [0.05, 0.1) is 0 Å². The van der Waals surface area contributed by atoms with Gasteiger partial charge in [-0.1, -0.05) is 0 Å². The van der Waals surface area contributed by atoms with Gasteiger partial charge in [-0.3, -0.25) is 0 Å². The van der Waals surface area contributed by atoms with Gasteiger partial charge in [0, 0.05) is 0 Å². The number of fused-ring (bicyclic) bond motifs is 3. The van der Waals surface area contributed by atoms with Crippen LogP contribution in [0.1, 0.15) is 92.5 Å². The number of hydrogen-bond acceptors (Lipinski definition) is 0. The summed E-state index contributed by atoms with van der Waals surface area (Å²) < 4.78 is 87.7. The first-order chi connectivity index (χ1) is 22.3. The maximum atomic E-state index is 14.1. The second-order valence-corrected chi connectivity index (χ2v) is 20.8. The molecule has 0 heterocycles. The van der Waals surface area contributed by atoms with Crippen LogP contribution >= 0.6 is 0 Å². The van der Waals surface area contributed by atoms with Gasteiger partial charge in [-0.15, -0.1) is 0 Å². The Labute approximate surface area is 286 Å². The Hall–Kier alpha value is -3.31. The summed E-state index contributed by atoms with van der Waals surface area (Å²) in [4.78, 5) is 0. The Bertz CT molecular complexity index is 1950. The Morgan fingerprint density at radius 1 is 0.604 bits per heavy atom. The molecule has 4 aromatic carbocycles. The topological polar surface area (TPSA) is 0 Å². The summed E-state index contributed by atoms with van der Waals surface area (Å²) in [5, 5.41) is 0. The first-order valence-electron chi connectivity index (χ1n) is 16.1. The van der Waals surface area contributed by atoms with E-state index in [0.29, 0.717) is 27.2 Å². The molecular weight excluding hydrogens is 698 g/mol. The molecule has 7 heteroatoms. The fraction of sp³-hybridized carbons (Fsp3) is 0.293. The molecule has 0 saturated heterocycles. The van der Waals surface area contributed by atoms with Crippen LogP contribution in [0.3, 0.4) is 0 Å². The molecule has 4 aromatic rings. The molecule has 0 radical (unpaired) electrons. The first-order valence-corrected chi connectivity index (χ1v) is 19.8. The van der Waals surface area contributed by atoms with Crippen molar-refractivity contribution in [2.45, 2.75) is 77.6 Å². The summed E-state index contributed by atoms with van der Waals surface area (Å²) in [5.41, 5.74) is 5.60. The van der Waals surface area contributed by atoms with Gasteiger partial charge in [-0.25, -0.2) is 0 Å². The number of rotatable bonds is 4. The third-order valence-electron chi connectivity index (χ3n) is 9.32. The Morgan fingerprint density at radius 2 is 1.17 bits per heavy atom. The molecule has 0 saturated carbocycles. The van der Waals surface area contributed by atoms with Crippen LogP contribution in [-0.4, -0.2) is 3.21 Å². The second-order valence-electron chi connectivity index (χ2n) is 14.8. The summed E-state index contributed by atoms with van der Waals surface area (Å²) in [6, 6.07) is 21.4. The van der Waals surface area contributed by atoms with Crippen molar-refractivity contribution in [3.8, 4) is 11.1 Å². The van der Waals surface area contributed by atoms with Crippen LogP contribution in [0, 0.1) is 0 Å². The zero-order valence-electron chi connectivity index (χ0n) is 27.9. The van der Waals surface area contributed by atoms with E-state index >= 15 is 0 Å². The molecule has 0 nitrogen and oxygen atoms in total. The Balaban J connectivity index is 1.76. The molecule has 0 bridgehead atoms. The molecule has 0 spiro atoms. The van der Waals surface area contributed by atoms with Gasteiger partial charge in [0.25, 0.3) is 0 Å². The van der Waals surface area contributed by atoms with Crippen molar-refractivity contribution in [3.05, 3.63) is 145 Å². The van der Waals surface area contributed by atoms with Crippen LogP contribution in [0.5, 0.6) is 0 Å². The molecule has 0 amide bonds.